The van der Waals surface area contributed by atoms with E-state index in [1.807, 2.05) is 34.1 Å². The molecule has 0 bridgehead atoms. The van der Waals surface area contributed by atoms with Crippen LogP contribution in [0.3, 0.4) is 0 Å². The minimum atomic E-state index is -0.949. The van der Waals surface area contributed by atoms with Crippen molar-refractivity contribution in [3.8, 4) is 5.75 Å². The number of para-hydroxylation sites is 1. The number of anilines is 1. The van der Waals surface area contributed by atoms with Gasteiger partial charge in [0.25, 0.3) is 5.91 Å². The van der Waals surface area contributed by atoms with Gasteiger partial charge in [0.05, 0.1) is 0 Å². The first-order valence-electron chi connectivity index (χ1n) is 16.1. The SMILES string of the molecule is O=C(OC(Cc1ccc(O)cc1)C(=O)N1CCC(N2CCNCC2)CC1)N1CCC(N2CCc3ccccc3NC2=O)CC1. The third-order valence-corrected chi connectivity index (χ3v) is 9.63. The van der Waals surface area contributed by atoms with E-state index in [0.29, 0.717) is 51.6 Å². The van der Waals surface area contributed by atoms with Gasteiger partial charge in [-0.15, -0.1) is 0 Å². The number of nitrogens with one attached hydrogen (secondary N) is 2. The second kappa shape index (κ2) is 13.9. The minimum absolute atomic E-state index is 0.0276. The quantitative estimate of drug-likeness (QED) is 0.464. The highest BCUT2D eigenvalue weighted by molar-refractivity contribution is 5.91. The number of amides is 4. The number of likely N-dealkylation sites (tertiary alicyclic amines) is 2. The zero-order valence-corrected chi connectivity index (χ0v) is 25.3. The molecule has 4 amide bonds. The number of aromatic hydroxyl groups is 1. The number of rotatable bonds is 6. The van der Waals surface area contributed by atoms with E-state index in [1.165, 1.54) is 0 Å². The number of benzene rings is 2. The second-order valence-corrected chi connectivity index (χ2v) is 12.3. The van der Waals surface area contributed by atoms with E-state index in [9.17, 15) is 19.5 Å². The normalized spacial score (nSPS) is 21.3. The van der Waals surface area contributed by atoms with Gasteiger partial charge in [0.15, 0.2) is 6.10 Å². The molecule has 0 saturated carbocycles. The second-order valence-electron chi connectivity index (χ2n) is 12.3. The number of hydrogen-bond acceptors (Lipinski definition) is 7. The maximum Gasteiger partial charge on any atom is 0.410 e. The zero-order valence-electron chi connectivity index (χ0n) is 25.3. The Kier molecular flexibility index (Phi) is 9.51. The molecule has 2 aromatic carbocycles. The monoisotopic (exact) mass is 604 g/mol. The smallest absolute Gasteiger partial charge is 0.410 e. The summed E-state index contributed by atoms with van der Waals surface area (Å²) < 4.78 is 5.97. The highest BCUT2D eigenvalue weighted by atomic mass is 16.6. The Morgan fingerprint density at radius 1 is 0.841 bits per heavy atom. The first-order valence-corrected chi connectivity index (χ1v) is 16.1. The minimum Gasteiger partial charge on any atom is -0.508 e. The summed E-state index contributed by atoms with van der Waals surface area (Å²) >= 11 is 0. The largest absolute Gasteiger partial charge is 0.508 e. The van der Waals surface area contributed by atoms with Crippen LogP contribution < -0.4 is 10.6 Å². The van der Waals surface area contributed by atoms with Crippen LogP contribution >= 0.6 is 0 Å². The fraction of sp³-hybridized carbons (Fsp3) is 0.545. The van der Waals surface area contributed by atoms with Crippen LogP contribution in [0.1, 0.15) is 36.8 Å². The number of ether oxygens (including phenoxy) is 1. The van der Waals surface area contributed by atoms with Gasteiger partial charge in [-0.3, -0.25) is 9.69 Å². The lowest BCUT2D eigenvalue weighted by atomic mass is 10.0. The van der Waals surface area contributed by atoms with E-state index in [4.69, 9.17) is 4.74 Å². The van der Waals surface area contributed by atoms with Gasteiger partial charge in [0.1, 0.15) is 5.75 Å². The molecule has 2 aromatic rings. The van der Waals surface area contributed by atoms with Crippen molar-refractivity contribution < 1.29 is 24.2 Å². The molecule has 6 rings (SSSR count). The predicted octanol–water partition coefficient (Wildman–Crippen LogP) is 2.89. The Morgan fingerprint density at radius 2 is 1.50 bits per heavy atom. The third kappa shape index (κ3) is 7.10. The molecule has 1 atom stereocenters. The molecule has 3 N–H and O–H groups in total. The summed E-state index contributed by atoms with van der Waals surface area (Å²) in [6, 6.07) is 15.0. The highest BCUT2D eigenvalue weighted by Crippen LogP contribution is 2.26. The van der Waals surface area contributed by atoms with Crippen LogP contribution in [0, 0.1) is 0 Å². The average Bonchev–Trinajstić information content (AvgIpc) is 3.23. The van der Waals surface area contributed by atoms with Crippen molar-refractivity contribution in [3.05, 3.63) is 59.7 Å². The summed E-state index contributed by atoms with van der Waals surface area (Å²) in [4.78, 5) is 48.2. The van der Waals surface area contributed by atoms with Crippen LogP contribution in [0.5, 0.6) is 5.75 Å². The number of piperidine rings is 2. The highest BCUT2D eigenvalue weighted by Gasteiger charge is 2.36. The number of piperazine rings is 1. The molecule has 4 aliphatic rings. The van der Waals surface area contributed by atoms with Crippen LogP contribution in [0.15, 0.2) is 48.5 Å². The van der Waals surface area contributed by atoms with Crippen LogP contribution in [-0.2, 0) is 22.4 Å². The molecule has 3 fully saturated rings. The van der Waals surface area contributed by atoms with E-state index in [2.05, 4.69) is 15.5 Å². The van der Waals surface area contributed by atoms with E-state index in [-0.39, 0.29) is 30.2 Å². The summed E-state index contributed by atoms with van der Waals surface area (Å²) in [5.41, 5.74) is 2.80. The summed E-state index contributed by atoms with van der Waals surface area (Å²) in [5, 5.41) is 16.2. The van der Waals surface area contributed by atoms with Gasteiger partial charge >= 0.3 is 12.1 Å². The van der Waals surface area contributed by atoms with Gasteiger partial charge in [-0.05, 0) is 61.4 Å². The fourth-order valence-corrected chi connectivity index (χ4v) is 7.02. The lowest BCUT2D eigenvalue weighted by Crippen LogP contribution is -2.54. The zero-order chi connectivity index (χ0) is 30.5. The number of carbonyl (C=O) groups excluding carboxylic acids is 3. The maximum absolute atomic E-state index is 13.8. The van der Waals surface area contributed by atoms with Crippen LogP contribution in [0.2, 0.25) is 0 Å². The molecule has 0 aromatic heterocycles. The topological polar surface area (TPSA) is 118 Å². The van der Waals surface area contributed by atoms with E-state index in [0.717, 1.165) is 62.3 Å². The predicted molar refractivity (Wildman–Crippen MR) is 167 cm³/mol. The third-order valence-electron chi connectivity index (χ3n) is 9.63. The molecule has 3 saturated heterocycles. The van der Waals surface area contributed by atoms with Crippen molar-refractivity contribution in [2.24, 2.45) is 0 Å². The first-order chi connectivity index (χ1) is 21.4. The Balaban J connectivity index is 1.06. The Morgan fingerprint density at radius 3 is 2.23 bits per heavy atom. The van der Waals surface area contributed by atoms with Crippen LogP contribution in [0.4, 0.5) is 15.3 Å². The van der Waals surface area contributed by atoms with Gasteiger partial charge < -0.3 is 35.2 Å². The Hall–Kier alpha value is -3.83. The average molecular weight is 605 g/mol. The molecule has 0 radical (unpaired) electrons. The number of hydrogen-bond donors (Lipinski definition) is 3. The fourth-order valence-electron chi connectivity index (χ4n) is 7.02. The Bertz CT molecular complexity index is 1300. The van der Waals surface area contributed by atoms with Gasteiger partial charge in [-0.2, -0.15) is 0 Å². The van der Waals surface area contributed by atoms with Crippen molar-refractivity contribution in [2.45, 2.75) is 56.7 Å². The van der Waals surface area contributed by atoms with Gasteiger partial charge in [0.2, 0.25) is 0 Å². The van der Waals surface area contributed by atoms with Crippen LogP contribution in [0.25, 0.3) is 0 Å². The van der Waals surface area contributed by atoms with Gasteiger partial charge in [0, 0.05) is 83.1 Å². The van der Waals surface area contributed by atoms with Crippen molar-refractivity contribution >= 4 is 23.7 Å². The van der Waals surface area contributed by atoms with E-state index < -0.39 is 12.2 Å². The summed E-state index contributed by atoms with van der Waals surface area (Å²) in [6.07, 6.45) is 2.70. The van der Waals surface area contributed by atoms with Gasteiger partial charge in [-0.25, -0.2) is 9.59 Å². The molecular weight excluding hydrogens is 560 g/mol. The number of phenols is 1. The lowest BCUT2D eigenvalue weighted by Gasteiger charge is -2.41. The maximum atomic E-state index is 13.8. The first kappa shape index (κ1) is 30.2. The molecule has 4 aliphatic heterocycles. The summed E-state index contributed by atoms with van der Waals surface area (Å²) in [7, 11) is 0. The molecule has 11 heteroatoms. The van der Waals surface area contributed by atoms with Crippen molar-refractivity contribution in [3.63, 3.8) is 0 Å². The molecule has 44 heavy (non-hydrogen) atoms. The number of fused-ring (bicyclic) bond motifs is 1. The molecule has 4 heterocycles. The Labute approximate surface area is 259 Å². The molecule has 0 spiro atoms. The number of phenolic OH excluding ortho intramolecular Hbond substituents is 1. The van der Waals surface area contributed by atoms with E-state index in [1.54, 1.807) is 29.2 Å². The van der Waals surface area contributed by atoms with Crippen molar-refractivity contribution in [1.82, 2.24) is 24.9 Å². The number of urea groups is 1. The van der Waals surface area contributed by atoms with Crippen molar-refractivity contribution in [1.29, 1.82) is 0 Å². The van der Waals surface area contributed by atoms with Gasteiger partial charge in [-0.1, -0.05) is 30.3 Å². The number of carbonyl (C=O) groups is 3. The molecule has 11 nitrogen and oxygen atoms in total. The van der Waals surface area contributed by atoms with Crippen molar-refractivity contribution in [2.75, 3.05) is 64.2 Å². The molecule has 0 aliphatic carbocycles. The standard InChI is InChI=1S/C33H44N6O5/c40-28-7-5-24(6-8-28)23-30(31(41)37-16-10-26(11-17-37)36-21-14-34-15-22-36)44-33(43)38-18-12-27(13-19-38)39-20-9-25-3-1-2-4-29(25)35-32(39)42/h1-8,26-27,30,34,40H,9-23H2,(H,35,42). The molecule has 1 unspecified atom stereocenters. The van der Waals surface area contributed by atoms with Crippen LogP contribution in [-0.4, -0.2) is 120 Å². The molecule has 236 valence electrons. The number of nitrogens with zero attached hydrogens (tertiary/aromatic N) is 4. The lowest BCUT2D eigenvalue weighted by molar-refractivity contribution is -0.142. The van der Waals surface area contributed by atoms with E-state index >= 15 is 0 Å². The summed E-state index contributed by atoms with van der Waals surface area (Å²) in [6.45, 7) is 6.90. The summed E-state index contributed by atoms with van der Waals surface area (Å²) in [5.74, 6) is -0.0191. The molecular formula is C33H44N6O5.